The molecule has 1 aliphatic heterocycles. The van der Waals surface area contributed by atoms with Crippen LogP contribution in [0.4, 0.5) is 24.9 Å². The molecule has 1 fully saturated rings. The van der Waals surface area contributed by atoms with Gasteiger partial charge < -0.3 is 14.5 Å². The summed E-state index contributed by atoms with van der Waals surface area (Å²) in [5, 5.41) is 0. The van der Waals surface area contributed by atoms with Gasteiger partial charge in [0.2, 0.25) is 5.95 Å². The largest absolute Gasteiger partial charge is 0.573 e. The Labute approximate surface area is 165 Å². The Hall–Kier alpha value is -3.36. The fourth-order valence-corrected chi connectivity index (χ4v) is 3.16. The summed E-state index contributed by atoms with van der Waals surface area (Å²) in [6.07, 6.45) is 0.429. The topological polar surface area (TPSA) is 54.4 Å². The maximum Gasteiger partial charge on any atom is 0.573 e. The number of pyridine rings is 1. The summed E-state index contributed by atoms with van der Waals surface area (Å²) in [6.45, 7) is 3.20. The number of alkyl halides is 3. The number of hydrogen-bond donors (Lipinski definition) is 0. The van der Waals surface area contributed by atoms with Gasteiger partial charge in [-0.1, -0.05) is 18.2 Å². The van der Waals surface area contributed by atoms with Crippen LogP contribution in [0.2, 0.25) is 0 Å². The van der Waals surface area contributed by atoms with Crippen LogP contribution >= 0.6 is 0 Å². The van der Waals surface area contributed by atoms with Crippen molar-refractivity contribution in [1.82, 2.24) is 15.0 Å². The van der Waals surface area contributed by atoms with E-state index in [2.05, 4.69) is 29.5 Å². The molecular formula is C20H18F3N5O. The molecule has 1 aliphatic rings. The molecular weight excluding hydrogens is 383 g/mol. The van der Waals surface area contributed by atoms with Gasteiger partial charge in [-0.15, -0.1) is 13.2 Å². The van der Waals surface area contributed by atoms with E-state index < -0.39 is 6.36 Å². The van der Waals surface area contributed by atoms with Crippen LogP contribution < -0.4 is 14.5 Å². The Morgan fingerprint density at radius 1 is 0.759 bits per heavy atom. The molecule has 150 valence electrons. The zero-order valence-electron chi connectivity index (χ0n) is 15.4. The van der Waals surface area contributed by atoms with Gasteiger partial charge in [-0.25, -0.2) is 15.0 Å². The maximum atomic E-state index is 12.3. The lowest BCUT2D eigenvalue weighted by molar-refractivity contribution is -0.274. The molecule has 6 nitrogen and oxygen atoms in total. The summed E-state index contributed by atoms with van der Waals surface area (Å²) in [7, 11) is 0. The summed E-state index contributed by atoms with van der Waals surface area (Å²) < 4.78 is 40.6. The number of anilines is 2. The summed E-state index contributed by atoms with van der Waals surface area (Å²) >= 11 is 0. The molecule has 0 spiro atoms. The van der Waals surface area contributed by atoms with E-state index in [4.69, 9.17) is 0 Å². The minimum absolute atomic E-state index is 0.260. The molecule has 9 heteroatoms. The van der Waals surface area contributed by atoms with E-state index in [1.165, 1.54) is 12.1 Å². The fraction of sp³-hybridized carbons (Fsp3) is 0.250. The Bertz CT molecular complexity index is 925. The van der Waals surface area contributed by atoms with Crippen molar-refractivity contribution in [3.8, 4) is 16.9 Å². The van der Waals surface area contributed by atoms with E-state index in [0.29, 0.717) is 11.5 Å². The lowest BCUT2D eigenvalue weighted by Gasteiger charge is -2.35. The molecule has 0 aliphatic carbocycles. The van der Waals surface area contributed by atoms with Crippen molar-refractivity contribution < 1.29 is 17.9 Å². The minimum atomic E-state index is -4.70. The number of hydrogen-bond acceptors (Lipinski definition) is 6. The lowest BCUT2D eigenvalue weighted by atomic mass is 10.1. The van der Waals surface area contributed by atoms with E-state index in [1.54, 1.807) is 30.7 Å². The van der Waals surface area contributed by atoms with E-state index in [-0.39, 0.29) is 5.75 Å². The highest BCUT2D eigenvalue weighted by atomic mass is 19.4. The van der Waals surface area contributed by atoms with Gasteiger partial charge >= 0.3 is 6.36 Å². The van der Waals surface area contributed by atoms with E-state index in [1.807, 2.05) is 18.2 Å². The fourth-order valence-electron chi connectivity index (χ4n) is 3.16. The number of benzene rings is 1. The average molecular weight is 401 g/mol. The van der Waals surface area contributed by atoms with Crippen molar-refractivity contribution in [2.45, 2.75) is 6.36 Å². The van der Waals surface area contributed by atoms with Gasteiger partial charge in [0, 0.05) is 50.3 Å². The molecule has 0 bridgehead atoms. The third-order valence-corrected chi connectivity index (χ3v) is 4.60. The molecule has 0 saturated carbocycles. The Balaban J connectivity index is 1.38. The monoisotopic (exact) mass is 401 g/mol. The van der Waals surface area contributed by atoms with Gasteiger partial charge in [0.15, 0.2) is 0 Å². The molecule has 0 amide bonds. The van der Waals surface area contributed by atoms with Gasteiger partial charge in [-0.3, -0.25) is 0 Å². The molecule has 3 heterocycles. The molecule has 2 aromatic heterocycles. The Morgan fingerprint density at radius 2 is 1.41 bits per heavy atom. The number of nitrogens with zero attached hydrogens (tertiary/aromatic N) is 5. The van der Waals surface area contributed by atoms with E-state index in [9.17, 15) is 13.2 Å². The normalized spacial score (nSPS) is 14.7. The van der Waals surface area contributed by atoms with Crippen molar-refractivity contribution in [3.63, 3.8) is 0 Å². The van der Waals surface area contributed by atoms with Crippen LogP contribution in [0, 0.1) is 0 Å². The third kappa shape index (κ3) is 4.74. The van der Waals surface area contributed by atoms with Gasteiger partial charge in [-0.2, -0.15) is 0 Å². The first-order valence-corrected chi connectivity index (χ1v) is 9.07. The van der Waals surface area contributed by atoms with Crippen molar-refractivity contribution in [1.29, 1.82) is 0 Å². The zero-order valence-corrected chi connectivity index (χ0v) is 15.4. The first-order chi connectivity index (χ1) is 14.0. The van der Waals surface area contributed by atoms with Gasteiger partial charge in [-0.05, 0) is 29.8 Å². The zero-order chi connectivity index (χ0) is 20.3. The van der Waals surface area contributed by atoms with Crippen LogP contribution in [0.3, 0.4) is 0 Å². The standard InChI is InChI=1S/C20H18F3N5O/c21-20(22,23)29-17-6-4-15(5-7-17)16-13-25-19(26-14-16)28-11-9-27(10-12-28)18-3-1-2-8-24-18/h1-8,13-14H,9-12H2. The maximum absolute atomic E-state index is 12.3. The van der Waals surface area contributed by atoms with Crippen molar-refractivity contribution in [3.05, 3.63) is 61.1 Å². The van der Waals surface area contributed by atoms with Gasteiger partial charge in [0.25, 0.3) is 0 Å². The Morgan fingerprint density at radius 3 is 2.00 bits per heavy atom. The van der Waals surface area contributed by atoms with Crippen LogP contribution in [0.5, 0.6) is 5.75 Å². The molecule has 0 N–H and O–H groups in total. The summed E-state index contributed by atoms with van der Waals surface area (Å²) in [4.78, 5) is 17.5. The van der Waals surface area contributed by atoms with Crippen LogP contribution in [-0.2, 0) is 0 Å². The first-order valence-electron chi connectivity index (χ1n) is 9.07. The predicted octanol–water partition coefficient (Wildman–Crippen LogP) is 3.76. The molecule has 3 aromatic rings. The van der Waals surface area contributed by atoms with E-state index >= 15 is 0 Å². The highest BCUT2D eigenvalue weighted by Crippen LogP contribution is 2.26. The van der Waals surface area contributed by atoms with Crippen molar-refractivity contribution in [2.24, 2.45) is 0 Å². The summed E-state index contributed by atoms with van der Waals surface area (Å²) in [5.74, 6) is 1.33. The highest BCUT2D eigenvalue weighted by molar-refractivity contribution is 5.63. The quantitative estimate of drug-likeness (QED) is 0.664. The average Bonchev–Trinajstić information content (AvgIpc) is 2.74. The van der Waals surface area contributed by atoms with Gasteiger partial charge in [0.1, 0.15) is 11.6 Å². The second-order valence-corrected chi connectivity index (χ2v) is 6.51. The molecule has 1 saturated heterocycles. The smallest absolute Gasteiger partial charge is 0.406 e. The van der Waals surface area contributed by atoms with Crippen LogP contribution in [0.25, 0.3) is 11.1 Å². The van der Waals surface area contributed by atoms with Crippen LogP contribution in [0.15, 0.2) is 61.1 Å². The number of rotatable bonds is 4. The predicted molar refractivity (Wildman–Crippen MR) is 103 cm³/mol. The number of aromatic nitrogens is 3. The summed E-state index contributed by atoms with van der Waals surface area (Å²) in [6, 6.07) is 11.5. The summed E-state index contributed by atoms with van der Waals surface area (Å²) in [5.41, 5.74) is 1.44. The van der Waals surface area contributed by atoms with Crippen molar-refractivity contribution >= 4 is 11.8 Å². The van der Waals surface area contributed by atoms with E-state index in [0.717, 1.165) is 37.6 Å². The lowest BCUT2D eigenvalue weighted by Crippen LogP contribution is -2.47. The number of piperazine rings is 1. The molecule has 29 heavy (non-hydrogen) atoms. The number of halogens is 3. The molecule has 0 atom stereocenters. The molecule has 1 aromatic carbocycles. The molecule has 4 rings (SSSR count). The van der Waals surface area contributed by atoms with Crippen LogP contribution in [-0.4, -0.2) is 47.5 Å². The molecule has 0 radical (unpaired) electrons. The second kappa shape index (κ2) is 7.94. The second-order valence-electron chi connectivity index (χ2n) is 6.51. The SMILES string of the molecule is FC(F)(F)Oc1ccc(-c2cnc(N3CCN(c4ccccn4)CC3)nc2)cc1. The van der Waals surface area contributed by atoms with Crippen molar-refractivity contribution in [2.75, 3.05) is 36.0 Å². The first kappa shape index (κ1) is 19.0. The third-order valence-electron chi connectivity index (χ3n) is 4.60. The molecule has 0 unspecified atom stereocenters. The highest BCUT2D eigenvalue weighted by Gasteiger charge is 2.31. The van der Waals surface area contributed by atoms with Gasteiger partial charge in [0.05, 0.1) is 0 Å². The minimum Gasteiger partial charge on any atom is -0.406 e. The number of ether oxygens (including phenoxy) is 1. The Kier molecular flexibility index (Phi) is 5.20. The van der Waals surface area contributed by atoms with Crippen LogP contribution in [0.1, 0.15) is 0 Å².